The van der Waals surface area contributed by atoms with E-state index in [0.717, 1.165) is 0 Å². The standard InChI is InChI=1S/C19H18N6O4S/c1-30-19-20-10-12-16(22-19)25(23-18(12)28)14-7-6-13-17(21-14)24(15(27)11-29-13)8-4-2-3-5-9-26/h6-7,10,26H,2,4,8-9,11H2,1H3,(H,23,28). The molecule has 0 atom stereocenters. The third kappa shape index (κ3) is 3.74. The van der Waals surface area contributed by atoms with Gasteiger partial charge in [0.2, 0.25) is 0 Å². The molecule has 0 aromatic carbocycles. The van der Waals surface area contributed by atoms with Crippen LogP contribution in [0.3, 0.4) is 0 Å². The summed E-state index contributed by atoms with van der Waals surface area (Å²) >= 11 is 1.36. The highest BCUT2D eigenvalue weighted by Gasteiger charge is 2.27. The van der Waals surface area contributed by atoms with E-state index in [-0.39, 0.29) is 24.7 Å². The highest BCUT2D eigenvalue weighted by Crippen LogP contribution is 2.31. The van der Waals surface area contributed by atoms with Gasteiger partial charge in [0, 0.05) is 19.2 Å². The Balaban J connectivity index is 1.72. The van der Waals surface area contributed by atoms with Crippen molar-refractivity contribution in [2.24, 2.45) is 0 Å². The molecule has 10 nitrogen and oxygen atoms in total. The normalized spacial score (nSPS) is 13.0. The van der Waals surface area contributed by atoms with Crippen molar-refractivity contribution < 1.29 is 14.6 Å². The number of hydrogen-bond donors (Lipinski definition) is 2. The summed E-state index contributed by atoms with van der Waals surface area (Å²) < 4.78 is 6.98. The van der Waals surface area contributed by atoms with Crippen LogP contribution >= 0.6 is 11.8 Å². The molecule has 154 valence electrons. The van der Waals surface area contributed by atoms with Gasteiger partial charge in [-0.2, -0.15) is 0 Å². The zero-order valence-corrected chi connectivity index (χ0v) is 16.9. The van der Waals surface area contributed by atoms with E-state index in [2.05, 4.69) is 31.9 Å². The molecule has 0 spiro atoms. The maximum Gasteiger partial charge on any atom is 0.275 e. The number of thioether (sulfide) groups is 1. The Morgan fingerprint density at radius 1 is 1.30 bits per heavy atom. The Kier molecular flexibility index (Phi) is 5.69. The van der Waals surface area contributed by atoms with Gasteiger partial charge in [0.15, 0.2) is 34.8 Å². The molecule has 0 bridgehead atoms. The topological polar surface area (TPSA) is 126 Å². The molecule has 30 heavy (non-hydrogen) atoms. The lowest BCUT2D eigenvalue weighted by atomic mass is 10.2. The summed E-state index contributed by atoms with van der Waals surface area (Å²) in [6, 6.07) is 3.40. The lowest BCUT2D eigenvalue weighted by molar-refractivity contribution is -0.121. The van der Waals surface area contributed by atoms with Crippen LogP contribution in [0.5, 0.6) is 5.75 Å². The Labute approximate surface area is 175 Å². The zero-order chi connectivity index (χ0) is 21.1. The minimum absolute atomic E-state index is 0.0655. The first kappa shape index (κ1) is 19.9. The number of unbranched alkanes of at least 4 members (excludes halogenated alkanes) is 1. The molecule has 3 aromatic rings. The highest BCUT2D eigenvalue weighted by molar-refractivity contribution is 7.98. The Morgan fingerprint density at radius 2 is 2.17 bits per heavy atom. The number of H-pyrrole nitrogens is 1. The molecule has 0 fully saturated rings. The summed E-state index contributed by atoms with van der Waals surface area (Å²) in [7, 11) is 0. The van der Waals surface area contributed by atoms with Crippen molar-refractivity contribution in [2.75, 3.05) is 30.9 Å². The second-order valence-electron chi connectivity index (χ2n) is 6.31. The molecule has 1 amide bonds. The monoisotopic (exact) mass is 426 g/mol. The fourth-order valence-corrected chi connectivity index (χ4v) is 3.39. The predicted octanol–water partition coefficient (Wildman–Crippen LogP) is 0.727. The molecule has 4 rings (SSSR count). The number of ether oxygens (including phenoxy) is 1. The van der Waals surface area contributed by atoms with E-state index in [1.165, 1.54) is 22.6 Å². The zero-order valence-electron chi connectivity index (χ0n) is 16.1. The van der Waals surface area contributed by atoms with E-state index in [1.807, 2.05) is 6.26 Å². The quantitative estimate of drug-likeness (QED) is 0.265. The van der Waals surface area contributed by atoms with E-state index in [9.17, 15) is 9.59 Å². The number of rotatable bonds is 5. The summed E-state index contributed by atoms with van der Waals surface area (Å²) in [6.07, 6.45) is 4.50. The van der Waals surface area contributed by atoms with Crippen molar-refractivity contribution in [3.63, 3.8) is 0 Å². The van der Waals surface area contributed by atoms with E-state index in [1.54, 1.807) is 17.0 Å². The van der Waals surface area contributed by atoms with Gasteiger partial charge >= 0.3 is 0 Å². The number of carbonyl (C=O) groups excluding carboxylic acids is 1. The van der Waals surface area contributed by atoms with Gasteiger partial charge in [-0.15, -0.1) is 5.92 Å². The Hall–Kier alpha value is -3.36. The predicted molar refractivity (Wildman–Crippen MR) is 111 cm³/mol. The van der Waals surface area contributed by atoms with Gasteiger partial charge in [0.1, 0.15) is 12.0 Å². The number of anilines is 1. The average Bonchev–Trinajstić information content (AvgIpc) is 3.10. The van der Waals surface area contributed by atoms with Crippen LogP contribution in [0.4, 0.5) is 5.82 Å². The smallest absolute Gasteiger partial charge is 0.275 e. The van der Waals surface area contributed by atoms with E-state index in [0.29, 0.717) is 53.0 Å². The van der Waals surface area contributed by atoms with Gasteiger partial charge in [-0.3, -0.25) is 19.6 Å². The number of amides is 1. The number of carbonyl (C=O) groups is 1. The second kappa shape index (κ2) is 8.56. The molecular formula is C19H18N6O4S. The average molecular weight is 426 g/mol. The van der Waals surface area contributed by atoms with Crippen LogP contribution < -0.4 is 15.2 Å². The van der Waals surface area contributed by atoms with Crippen LogP contribution in [0, 0.1) is 11.8 Å². The maximum absolute atomic E-state index is 12.4. The SMILES string of the molecule is CSc1ncc2c(=O)[nH]n(-c3ccc4c(n3)N(CCCC#CCO)C(=O)CO4)c2n1. The molecule has 11 heteroatoms. The van der Waals surface area contributed by atoms with Gasteiger partial charge in [-0.25, -0.2) is 19.6 Å². The largest absolute Gasteiger partial charge is 0.480 e. The van der Waals surface area contributed by atoms with Crippen molar-refractivity contribution in [3.8, 4) is 23.4 Å². The van der Waals surface area contributed by atoms with Crippen LogP contribution in [0.1, 0.15) is 12.8 Å². The van der Waals surface area contributed by atoms with Crippen LogP contribution in [0.25, 0.3) is 16.9 Å². The first-order chi connectivity index (χ1) is 14.6. The summed E-state index contributed by atoms with van der Waals surface area (Å²) in [5.41, 5.74) is 0.0736. The summed E-state index contributed by atoms with van der Waals surface area (Å²) in [5.74, 6) is 6.47. The summed E-state index contributed by atoms with van der Waals surface area (Å²) in [4.78, 5) is 39.4. The molecule has 0 aliphatic carbocycles. The molecule has 1 aliphatic heterocycles. The molecule has 0 saturated carbocycles. The molecule has 4 heterocycles. The third-order valence-electron chi connectivity index (χ3n) is 4.45. The number of aliphatic hydroxyl groups excluding tert-OH is 1. The first-order valence-electron chi connectivity index (χ1n) is 9.15. The highest BCUT2D eigenvalue weighted by atomic mass is 32.2. The lowest BCUT2D eigenvalue weighted by Crippen LogP contribution is -2.40. The maximum atomic E-state index is 12.4. The minimum Gasteiger partial charge on any atom is -0.480 e. The molecule has 0 unspecified atom stereocenters. The molecule has 0 radical (unpaired) electrons. The fourth-order valence-electron chi connectivity index (χ4n) is 3.06. The summed E-state index contributed by atoms with van der Waals surface area (Å²) in [5, 5.41) is 12.3. The number of pyridine rings is 1. The molecular weight excluding hydrogens is 408 g/mol. The Bertz CT molecular complexity index is 1230. The van der Waals surface area contributed by atoms with Gasteiger partial charge in [-0.1, -0.05) is 17.7 Å². The van der Waals surface area contributed by atoms with Gasteiger partial charge in [0.25, 0.3) is 11.5 Å². The number of fused-ring (bicyclic) bond motifs is 2. The van der Waals surface area contributed by atoms with Crippen molar-refractivity contribution in [1.82, 2.24) is 24.7 Å². The molecule has 1 aliphatic rings. The van der Waals surface area contributed by atoms with Gasteiger partial charge < -0.3 is 9.84 Å². The number of nitrogens with zero attached hydrogens (tertiary/aromatic N) is 5. The lowest BCUT2D eigenvalue weighted by Gasteiger charge is -2.28. The van der Waals surface area contributed by atoms with Crippen molar-refractivity contribution in [3.05, 3.63) is 28.7 Å². The number of nitrogens with one attached hydrogen (secondary N) is 1. The van der Waals surface area contributed by atoms with Gasteiger partial charge in [0.05, 0.1) is 0 Å². The van der Waals surface area contributed by atoms with E-state index in [4.69, 9.17) is 9.84 Å². The van der Waals surface area contributed by atoms with Crippen molar-refractivity contribution >= 4 is 34.5 Å². The van der Waals surface area contributed by atoms with E-state index < -0.39 is 0 Å². The van der Waals surface area contributed by atoms with Crippen molar-refractivity contribution in [2.45, 2.75) is 18.0 Å². The van der Waals surface area contributed by atoms with Gasteiger partial charge in [-0.05, 0) is 24.8 Å². The van der Waals surface area contributed by atoms with Crippen LogP contribution in [-0.4, -0.2) is 61.8 Å². The number of aromatic nitrogens is 5. The van der Waals surface area contributed by atoms with Crippen LogP contribution in [0.2, 0.25) is 0 Å². The fraction of sp³-hybridized carbons (Fsp3) is 0.316. The minimum atomic E-state index is -0.330. The first-order valence-corrected chi connectivity index (χ1v) is 10.4. The van der Waals surface area contributed by atoms with Crippen molar-refractivity contribution in [1.29, 1.82) is 0 Å². The summed E-state index contributed by atoms with van der Waals surface area (Å²) in [6.45, 7) is 0.159. The number of hydrogen-bond acceptors (Lipinski definition) is 8. The van der Waals surface area contributed by atoms with E-state index >= 15 is 0 Å². The third-order valence-corrected chi connectivity index (χ3v) is 5.01. The molecule has 3 aromatic heterocycles. The van der Waals surface area contributed by atoms with Crippen LogP contribution in [0.15, 0.2) is 28.3 Å². The van der Waals surface area contributed by atoms with Crippen LogP contribution in [-0.2, 0) is 4.79 Å². The Morgan fingerprint density at radius 3 is 2.97 bits per heavy atom. The number of aliphatic hydroxyl groups is 1. The second-order valence-corrected chi connectivity index (χ2v) is 7.08. The molecule has 0 saturated heterocycles. The number of aromatic amines is 1. The molecule has 2 N–H and O–H groups in total.